The van der Waals surface area contributed by atoms with Crippen molar-refractivity contribution in [1.82, 2.24) is 63.5 Å². The Balaban J connectivity index is 1.39. The summed E-state index contributed by atoms with van der Waals surface area (Å²) in [6.07, 6.45) is 0.266. The van der Waals surface area contributed by atoms with E-state index in [0.717, 1.165) is 0 Å². The number of para-hydroxylation sites is 1. The summed E-state index contributed by atoms with van der Waals surface area (Å²) in [6.45, 7) is 3.60. The number of anilines is 2. The number of aromatic nitrogens is 1. The summed E-state index contributed by atoms with van der Waals surface area (Å²) in [5.41, 5.74) is 42.1. The Morgan fingerprint density at radius 1 is 0.533 bits per heavy atom. The van der Waals surface area contributed by atoms with Crippen molar-refractivity contribution in [3.05, 3.63) is 107 Å². The van der Waals surface area contributed by atoms with Crippen molar-refractivity contribution < 1.29 is 71.8 Å². The number of carbonyl (C=O) groups is 13. The molecule has 35 heteroatoms. The van der Waals surface area contributed by atoms with Crippen molar-refractivity contribution in [1.29, 1.82) is 5.41 Å². The third-order valence-electron chi connectivity index (χ3n) is 17.7. The number of carbonyl (C=O) groups excluding carboxylic acids is 13. The molecule has 3 heterocycles. The molecule has 0 aliphatic carbocycles. The summed E-state index contributed by atoms with van der Waals surface area (Å²) in [6, 6.07) is 7.08. The maximum absolute atomic E-state index is 15.2. The number of fused-ring (bicyclic) bond motifs is 10. The van der Waals surface area contributed by atoms with Crippen LogP contribution in [0.15, 0.2) is 85.1 Å². The highest BCUT2D eigenvalue weighted by atomic mass is 16.5. The summed E-state index contributed by atoms with van der Waals surface area (Å²) in [4.78, 5) is 189. The molecule has 5 aromatic rings. The quantitative estimate of drug-likeness (QED) is 0.0223. The molecular formula is C72H98N20O15. The minimum Gasteiger partial charge on any atom is -0.456 e. The van der Waals surface area contributed by atoms with Gasteiger partial charge in [0.2, 0.25) is 59.1 Å². The molecule has 35 nitrogen and oxygen atoms in total. The van der Waals surface area contributed by atoms with Gasteiger partial charge >= 0.3 is 0 Å². The normalized spacial score (nSPS) is 21.1. The van der Waals surface area contributed by atoms with E-state index in [4.69, 9.17) is 55.0 Å². The first-order valence-corrected chi connectivity index (χ1v) is 35.5. The topological polar surface area (TPSA) is 594 Å². The van der Waals surface area contributed by atoms with Crippen LogP contribution in [-0.4, -0.2) is 162 Å². The van der Waals surface area contributed by atoms with E-state index in [0.29, 0.717) is 22.9 Å². The first kappa shape index (κ1) is 82.2. The molecule has 27 N–H and O–H groups in total. The second kappa shape index (κ2) is 40.3. The van der Waals surface area contributed by atoms with Gasteiger partial charge in [-0.15, -0.1) is 0 Å². The highest BCUT2D eigenvalue weighted by molar-refractivity contribution is 6.02. The molecule has 4 bridgehead atoms. The molecule has 2 aliphatic heterocycles. The fourth-order valence-electron chi connectivity index (χ4n) is 12.0. The minimum atomic E-state index is -1.59. The van der Waals surface area contributed by atoms with E-state index < -0.39 is 157 Å². The van der Waals surface area contributed by atoms with Crippen molar-refractivity contribution in [2.75, 3.05) is 37.6 Å². The number of unbranched alkanes of at least 4 members (excludes halogenated alkanes) is 1. The van der Waals surface area contributed by atoms with Gasteiger partial charge in [-0.1, -0.05) is 32.0 Å². The lowest BCUT2D eigenvalue weighted by Crippen LogP contribution is -2.60. The molecule has 0 saturated carbocycles. The monoisotopic (exact) mass is 1480 g/mol. The van der Waals surface area contributed by atoms with Gasteiger partial charge in [0.1, 0.15) is 71.3 Å². The van der Waals surface area contributed by atoms with Crippen LogP contribution >= 0.6 is 0 Å². The summed E-state index contributed by atoms with van der Waals surface area (Å²) in [5, 5.41) is 38.2. The average Bonchev–Trinajstić information content (AvgIpc) is 1.80. The molecule has 0 radical (unpaired) electrons. The van der Waals surface area contributed by atoms with Crippen LogP contribution in [0.1, 0.15) is 153 Å². The number of nitrogens with one attached hydrogen (secondary N) is 13. The number of primary amides is 3. The van der Waals surface area contributed by atoms with Gasteiger partial charge < -0.3 is 113 Å². The number of hydrogen-bond donors (Lipinski definition) is 20. The van der Waals surface area contributed by atoms with Crippen molar-refractivity contribution in [3.8, 4) is 23.0 Å². The molecule has 2 aliphatic rings. The maximum Gasteiger partial charge on any atom is 0.255 e. The Bertz CT molecular complexity index is 4070. The highest BCUT2D eigenvalue weighted by Gasteiger charge is 2.36. The number of hydrogen-bond acceptors (Lipinski definition) is 19. The van der Waals surface area contributed by atoms with Crippen LogP contribution < -0.4 is 108 Å². The van der Waals surface area contributed by atoms with Gasteiger partial charge in [0.05, 0.1) is 11.1 Å². The zero-order valence-electron chi connectivity index (χ0n) is 59.8. The predicted molar refractivity (Wildman–Crippen MR) is 395 cm³/mol. The maximum atomic E-state index is 15.2. The van der Waals surface area contributed by atoms with Crippen LogP contribution in [0.2, 0.25) is 0 Å². The molecule has 1 aromatic heterocycles. The van der Waals surface area contributed by atoms with E-state index in [1.54, 1.807) is 44.3 Å². The molecule has 0 spiro atoms. The van der Waals surface area contributed by atoms with Crippen LogP contribution in [0.4, 0.5) is 11.4 Å². The molecule has 0 saturated heterocycles. The number of H-pyrrole nitrogens is 1. The largest absolute Gasteiger partial charge is 0.456 e. The SMILES string of the molecule is CC(C)C[C@@H]1NC(=O)[C@H](CCC(N)=O)NC(=O)c2cc3cc(c2)Oc2ccc(N)cc2C(=O)NCCCCC(NC(=O)[C@H](CCCCN)NC1=O)C(=O)N[C@@H](CCCNC(=N)N)C(=O)N[C@@H](Cc1c[nH]c2ccccc12)C(=O)N[C@@H](CCC(N)=O)C(=O)NC(C(N)=O)CCCCNC(=O)c1cc(N)ccc1O3. The Labute approximate surface area is 617 Å². The van der Waals surface area contributed by atoms with Crippen LogP contribution in [0, 0.1) is 11.3 Å². The fraction of sp³-hybridized carbons (Fsp3) is 0.444. The molecule has 576 valence electrons. The average molecular weight is 1480 g/mol. The molecule has 8 atom stereocenters. The fourth-order valence-corrected chi connectivity index (χ4v) is 12.0. The molecule has 0 fully saturated rings. The van der Waals surface area contributed by atoms with Gasteiger partial charge in [-0.05, 0) is 163 Å². The van der Waals surface area contributed by atoms with Crippen molar-refractivity contribution in [3.63, 3.8) is 0 Å². The Morgan fingerprint density at radius 2 is 1.03 bits per heavy atom. The van der Waals surface area contributed by atoms with Gasteiger partial charge in [0.15, 0.2) is 5.96 Å². The van der Waals surface area contributed by atoms with E-state index in [2.05, 4.69) is 63.5 Å². The van der Waals surface area contributed by atoms with E-state index in [9.17, 15) is 47.9 Å². The zero-order chi connectivity index (χ0) is 77.9. The van der Waals surface area contributed by atoms with E-state index >= 15 is 14.4 Å². The molecule has 7 rings (SSSR count). The Hall–Kier alpha value is -12.0. The van der Waals surface area contributed by atoms with Crippen LogP contribution in [0.5, 0.6) is 23.0 Å². The summed E-state index contributed by atoms with van der Waals surface area (Å²) in [5.74, 6) is -12.8. The number of nitrogens with two attached hydrogens (primary N) is 7. The van der Waals surface area contributed by atoms with Gasteiger partial charge in [-0.2, -0.15) is 0 Å². The lowest BCUT2D eigenvalue weighted by atomic mass is 10.00. The number of guanidine groups is 1. The highest BCUT2D eigenvalue weighted by Crippen LogP contribution is 2.35. The lowest BCUT2D eigenvalue weighted by molar-refractivity contribution is -0.136. The number of rotatable bonds is 19. The Morgan fingerprint density at radius 3 is 1.59 bits per heavy atom. The Kier molecular flexibility index (Phi) is 31.0. The van der Waals surface area contributed by atoms with Gasteiger partial charge in [0.25, 0.3) is 17.7 Å². The summed E-state index contributed by atoms with van der Waals surface area (Å²) >= 11 is 0. The van der Waals surface area contributed by atoms with Gasteiger partial charge in [0, 0.05) is 79.0 Å². The zero-order valence-corrected chi connectivity index (χ0v) is 59.8. The molecular weight excluding hydrogens is 1380 g/mol. The second-order valence-electron chi connectivity index (χ2n) is 26.7. The first-order valence-electron chi connectivity index (χ1n) is 35.5. The van der Waals surface area contributed by atoms with Gasteiger partial charge in [-0.3, -0.25) is 67.7 Å². The molecule has 107 heavy (non-hydrogen) atoms. The minimum absolute atomic E-state index is 0.00195. The number of nitrogen functional groups attached to an aromatic ring is 2. The molecule has 2 unspecified atom stereocenters. The lowest BCUT2D eigenvalue weighted by Gasteiger charge is -2.28. The third kappa shape index (κ3) is 25.7. The summed E-state index contributed by atoms with van der Waals surface area (Å²) in [7, 11) is 0. The third-order valence-corrected chi connectivity index (χ3v) is 17.7. The number of amides is 13. The predicted octanol–water partition coefficient (Wildman–Crippen LogP) is -0.0663. The molecule has 13 amide bonds. The molecule has 4 aromatic carbocycles. The summed E-state index contributed by atoms with van der Waals surface area (Å²) < 4.78 is 12.8. The standard InChI is InChI=1S/C72H98N20O15/c1-38(2)30-55-70(104)89-50(15-5-8-26-73)65(99)87-51-16-7-10-28-82-64(98)47-35-42(75)19-23-58(47)107-44-32-39(62(96)86-53(69(103)91-55)20-24-59(76)93)31-43(36-44)106-57-22-18-41(74)34-46(57)63(97)81-27-9-6-14-49(61(78)95)85-68(102)54(21-25-60(77)94)90-71(105)56(33-40-37-84-48-13-4-3-12-45(40)48)92-67(101)52(88-66(51)100)17-11-29-83-72(79)80/h3-4,12-13,18-19,22-23,31-32,34-38,49-56,84H,5-11,14-17,20-21,24-30,33,73-75H2,1-2H3,(H2,76,93)(H2,77,94)(H2,78,95)(H,81,97)(H,82,98)(H,85,102)(H,86,96)(H,87,99)(H,88,100)(H,89,104)(H,90,105)(H,91,103)(H,92,101)(H4,79,80,83)/t49?,50-,51?,52-,53-,54-,55-,56-/m0/s1. The number of benzene rings is 4. The van der Waals surface area contributed by atoms with Crippen LogP contribution in [0.25, 0.3) is 10.9 Å². The van der Waals surface area contributed by atoms with Crippen LogP contribution in [0.3, 0.4) is 0 Å². The van der Waals surface area contributed by atoms with E-state index in [1.807, 2.05) is 0 Å². The van der Waals surface area contributed by atoms with Crippen LogP contribution in [-0.2, 0) is 54.4 Å². The van der Waals surface area contributed by atoms with Crippen molar-refractivity contribution >= 4 is 105 Å². The van der Waals surface area contributed by atoms with Gasteiger partial charge in [-0.25, -0.2) is 0 Å². The van der Waals surface area contributed by atoms with E-state index in [-0.39, 0.29) is 160 Å². The smallest absolute Gasteiger partial charge is 0.255 e. The van der Waals surface area contributed by atoms with E-state index in [1.165, 1.54) is 54.6 Å². The first-order chi connectivity index (χ1) is 51.0. The number of aromatic amines is 1. The second-order valence-corrected chi connectivity index (χ2v) is 26.7. The van der Waals surface area contributed by atoms with Crippen molar-refractivity contribution in [2.24, 2.45) is 34.6 Å². The number of ether oxygens (including phenoxy) is 2. The van der Waals surface area contributed by atoms with Crippen molar-refractivity contribution in [2.45, 2.75) is 171 Å².